The summed E-state index contributed by atoms with van der Waals surface area (Å²) in [7, 11) is 1.47. The zero-order valence-electron chi connectivity index (χ0n) is 33.5. The van der Waals surface area contributed by atoms with E-state index >= 15 is 0 Å². The molecule has 1 atom stereocenters. The molecule has 0 N–H and O–H groups in total. The number of hydrogen-bond acceptors (Lipinski definition) is 8. The average Bonchev–Trinajstić information content (AvgIpc) is 3.72. The summed E-state index contributed by atoms with van der Waals surface area (Å²) in [4.78, 5) is 53.6. The molecule has 0 radical (unpaired) electrons. The van der Waals surface area contributed by atoms with Crippen molar-refractivity contribution in [2.24, 2.45) is 7.05 Å². The Labute approximate surface area is 329 Å². The van der Waals surface area contributed by atoms with E-state index in [0.717, 1.165) is 50.8 Å². The highest BCUT2D eigenvalue weighted by Gasteiger charge is 2.57. The molecule has 9 aromatic rings. The van der Waals surface area contributed by atoms with Gasteiger partial charge in [-0.3, -0.25) is 28.3 Å². The van der Waals surface area contributed by atoms with Crippen LogP contribution < -0.4 is 22.2 Å². The van der Waals surface area contributed by atoms with Crippen molar-refractivity contribution >= 4 is 66.2 Å². The monoisotopic (exact) mass is 772 g/mol. The van der Waals surface area contributed by atoms with Gasteiger partial charge in [0.2, 0.25) is 0 Å². The molecular formula is C48H40N2O8. The Balaban J connectivity index is 1.10. The lowest BCUT2D eigenvalue weighted by molar-refractivity contribution is 0.349. The van der Waals surface area contributed by atoms with E-state index in [-0.39, 0.29) is 43.8 Å². The van der Waals surface area contributed by atoms with Crippen molar-refractivity contribution < 1.29 is 17.7 Å². The molecule has 5 aromatic carbocycles. The molecule has 1 spiro atoms. The van der Waals surface area contributed by atoms with Gasteiger partial charge in [0.1, 0.15) is 0 Å². The van der Waals surface area contributed by atoms with E-state index in [1.165, 1.54) is 11.6 Å². The minimum atomic E-state index is -0.894. The number of rotatable bonds is 2. The Morgan fingerprint density at radius 3 is 1.21 bits per heavy atom. The number of benzene rings is 5. The molecule has 0 saturated carbocycles. The molecule has 1 unspecified atom stereocenters. The first-order chi connectivity index (χ1) is 27.4. The predicted octanol–water partition coefficient (Wildman–Crippen LogP) is 9.30. The van der Waals surface area contributed by atoms with Crippen LogP contribution >= 0.6 is 0 Å². The van der Waals surface area contributed by atoms with Crippen molar-refractivity contribution in [1.29, 1.82) is 0 Å². The summed E-state index contributed by atoms with van der Waals surface area (Å²) in [5, 5.41) is 1.16. The van der Waals surface area contributed by atoms with Crippen LogP contribution in [0.15, 0.2) is 110 Å². The minimum absolute atomic E-state index is 0.250. The lowest BCUT2D eigenvalue weighted by Gasteiger charge is -2.30. The predicted molar refractivity (Wildman–Crippen MR) is 225 cm³/mol. The number of aryl methyl sites for hydroxylation is 1. The quantitative estimate of drug-likeness (QED) is 0.159. The molecule has 0 saturated heterocycles. The second kappa shape index (κ2) is 10.7. The SMILES string of the molecule is Cc1ccc(C(C)(C)n2c(=O)c3cc4oc5cc6c(cc5oc4cc3c2=O)C2(CC(C)(C)c3cc4oc5cc7c(=O)n(C)c(=O)c7cc5oc4cc32)CC6(C)C)cc1. The van der Waals surface area contributed by atoms with E-state index in [2.05, 4.69) is 52.0 Å². The topological polar surface area (TPSA) is 131 Å². The van der Waals surface area contributed by atoms with Crippen molar-refractivity contribution in [3.8, 4) is 0 Å². The van der Waals surface area contributed by atoms with Crippen LogP contribution in [0.4, 0.5) is 0 Å². The summed E-state index contributed by atoms with van der Waals surface area (Å²) in [6, 6.07) is 22.7. The molecular weight excluding hydrogens is 733 g/mol. The summed E-state index contributed by atoms with van der Waals surface area (Å²) in [5.41, 5.74) is 6.91. The normalized spacial score (nSPS) is 18.5. The first-order valence-corrected chi connectivity index (χ1v) is 19.6. The Kier molecular flexibility index (Phi) is 6.45. The van der Waals surface area contributed by atoms with Gasteiger partial charge in [-0.2, -0.15) is 0 Å². The molecule has 0 bridgehead atoms. The average molecular weight is 773 g/mol. The largest absolute Gasteiger partial charge is 0.449 e. The fourth-order valence-corrected chi connectivity index (χ4v) is 10.6. The highest BCUT2D eigenvalue weighted by atomic mass is 16.4. The Morgan fingerprint density at radius 2 is 0.828 bits per heavy atom. The van der Waals surface area contributed by atoms with Crippen LogP contribution in [0.2, 0.25) is 0 Å². The number of fused-ring (bicyclic) bond motifs is 10. The van der Waals surface area contributed by atoms with Crippen molar-refractivity contribution in [2.45, 2.75) is 83.1 Å². The fourth-order valence-electron chi connectivity index (χ4n) is 10.6. The highest BCUT2D eigenvalue weighted by molar-refractivity contribution is 5.96. The molecule has 4 aromatic heterocycles. The highest BCUT2D eigenvalue weighted by Crippen LogP contribution is 2.63. The Bertz CT molecular complexity index is 3600. The third kappa shape index (κ3) is 4.37. The number of hydrogen-bond donors (Lipinski definition) is 0. The van der Waals surface area contributed by atoms with Gasteiger partial charge in [0.15, 0.2) is 44.7 Å². The molecule has 0 amide bonds. The summed E-state index contributed by atoms with van der Waals surface area (Å²) >= 11 is 0. The minimum Gasteiger partial charge on any atom is -0.449 e. The molecule has 58 heavy (non-hydrogen) atoms. The van der Waals surface area contributed by atoms with Gasteiger partial charge in [-0.15, -0.1) is 0 Å². The summed E-state index contributed by atoms with van der Waals surface area (Å²) in [6.07, 6.45) is 1.64. The fraction of sp³-hybridized carbons (Fsp3) is 0.292. The molecule has 2 aliphatic rings. The molecule has 2 aliphatic carbocycles. The first-order valence-electron chi connectivity index (χ1n) is 19.6. The van der Waals surface area contributed by atoms with E-state index in [9.17, 15) is 19.2 Å². The lowest BCUT2D eigenvalue weighted by Crippen LogP contribution is -2.41. The van der Waals surface area contributed by atoms with Crippen LogP contribution in [0.25, 0.3) is 66.2 Å². The van der Waals surface area contributed by atoms with Crippen molar-refractivity contribution in [1.82, 2.24) is 9.13 Å². The second-order valence-corrected chi connectivity index (χ2v) is 18.5. The Hall–Kier alpha value is -6.42. The summed E-state index contributed by atoms with van der Waals surface area (Å²) < 4.78 is 28.5. The van der Waals surface area contributed by atoms with Gasteiger partial charge in [-0.1, -0.05) is 57.5 Å². The molecule has 10 nitrogen and oxygen atoms in total. The third-order valence-corrected chi connectivity index (χ3v) is 13.4. The maximum Gasteiger partial charge on any atom is 0.262 e. The van der Waals surface area contributed by atoms with Crippen LogP contribution in [0.3, 0.4) is 0 Å². The Morgan fingerprint density at radius 1 is 0.500 bits per heavy atom. The van der Waals surface area contributed by atoms with Crippen LogP contribution in [0.5, 0.6) is 0 Å². The zero-order valence-corrected chi connectivity index (χ0v) is 33.5. The van der Waals surface area contributed by atoms with Crippen LogP contribution in [-0.4, -0.2) is 9.13 Å². The molecule has 4 heterocycles. The van der Waals surface area contributed by atoms with Gasteiger partial charge in [0, 0.05) is 12.5 Å². The molecule has 10 heteroatoms. The van der Waals surface area contributed by atoms with Gasteiger partial charge in [0.25, 0.3) is 22.2 Å². The first kappa shape index (κ1) is 34.8. The van der Waals surface area contributed by atoms with E-state index in [1.807, 2.05) is 45.0 Å². The summed E-state index contributed by atoms with van der Waals surface area (Å²) in [5.74, 6) is 0. The van der Waals surface area contributed by atoms with E-state index in [4.69, 9.17) is 17.7 Å². The van der Waals surface area contributed by atoms with E-state index in [0.29, 0.717) is 55.4 Å². The third-order valence-electron chi connectivity index (χ3n) is 13.4. The van der Waals surface area contributed by atoms with E-state index < -0.39 is 11.0 Å². The smallest absolute Gasteiger partial charge is 0.262 e. The van der Waals surface area contributed by atoms with Gasteiger partial charge < -0.3 is 17.7 Å². The maximum atomic E-state index is 14.0. The maximum absolute atomic E-state index is 14.0. The van der Waals surface area contributed by atoms with Gasteiger partial charge in [-0.05, 0) is 121 Å². The van der Waals surface area contributed by atoms with Gasteiger partial charge in [-0.25, -0.2) is 0 Å². The number of nitrogens with zero attached hydrogens (tertiary/aromatic N) is 2. The molecule has 0 aliphatic heterocycles. The van der Waals surface area contributed by atoms with Crippen LogP contribution in [0, 0.1) is 6.92 Å². The van der Waals surface area contributed by atoms with Crippen LogP contribution in [0.1, 0.15) is 87.8 Å². The van der Waals surface area contributed by atoms with Gasteiger partial charge in [0.05, 0.1) is 27.1 Å². The molecule has 11 rings (SSSR count). The van der Waals surface area contributed by atoms with E-state index in [1.54, 1.807) is 24.3 Å². The van der Waals surface area contributed by atoms with Crippen molar-refractivity contribution in [3.63, 3.8) is 0 Å². The van der Waals surface area contributed by atoms with Crippen molar-refractivity contribution in [3.05, 3.63) is 148 Å². The molecule has 0 fully saturated rings. The summed E-state index contributed by atoms with van der Waals surface area (Å²) in [6.45, 7) is 14.8. The van der Waals surface area contributed by atoms with Crippen LogP contribution in [-0.2, 0) is 28.8 Å². The van der Waals surface area contributed by atoms with Gasteiger partial charge >= 0.3 is 0 Å². The number of aromatic nitrogens is 2. The lowest BCUT2D eigenvalue weighted by atomic mass is 9.72. The standard InChI is InChI=1S/C48H40N2O8/c1-23-9-11-24(12-10-23)47(6,7)50-43(53)27-15-35-36(16-28(27)44(50)54)58-40-20-32-30(18-38(40)56-35)46(4,5)22-48(32)21-45(2,3)29-17-37-39(19-31(29)48)57-34-14-26-25(13-33(34)55-37)41(51)49(8)42(26)52/h9-20H,21-22H2,1-8H3. The zero-order chi connectivity index (χ0) is 40.6. The molecule has 290 valence electrons. The second-order valence-electron chi connectivity index (χ2n) is 18.5. The van der Waals surface area contributed by atoms with Crippen molar-refractivity contribution in [2.75, 3.05) is 0 Å².